The van der Waals surface area contributed by atoms with Crippen LogP contribution in [0.1, 0.15) is 44.1 Å². The maximum absolute atomic E-state index is 5.91. The average molecular weight is 277 g/mol. The Morgan fingerprint density at radius 2 is 2.05 bits per heavy atom. The summed E-state index contributed by atoms with van der Waals surface area (Å²) >= 11 is 0. The minimum atomic E-state index is 0.530. The molecule has 3 nitrogen and oxygen atoms in total. The lowest BCUT2D eigenvalue weighted by atomic mass is 9.98. The minimum absolute atomic E-state index is 0.530. The fraction of sp³-hybridized carbons (Fsp3) is 0.647. The highest BCUT2D eigenvalue weighted by atomic mass is 16.5. The second kappa shape index (κ2) is 8.98. The van der Waals surface area contributed by atoms with Crippen molar-refractivity contribution in [1.82, 2.24) is 5.32 Å². The Balaban J connectivity index is 1.52. The third-order valence-corrected chi connectivity index (χ3v) is 3.87. The molecule has 1 N–H and O–H groups in total. The van der Waals surface area contributed by atoms with Gasteiger partial charge in [0.05, 0.1) is 13.2 Å². The number of rotatable bonds is 8. The van der Waals surface area contributed by atoms with Crippen LogP contribution >= 0.6 is 0 Å². The summed E-state index contributed by atoms with van der Waals surface area (Å²) < 4.78 is 11.1. The summed E-state index contributed by atoms with van der Waals surface area (Å²) in [5, 5.41) is 3.46. The van der Waals surface area contributed by atoms with Crippen molar-refractivity contribution in [1.29, 1.82) is 0 Å². The van der Waals surface area contributed by atoms with Crippen LogP contribution in [0.4, 0.5) is 0 Å². The average Bonchev–Trinajstić information content (AvgIpc) is 2.52. The standard InChI is InChI=1S/C17H27NO2/c1-19-17-10-5-7-15(13-17)14-18-11-6-12-20-16-8-3-2-4-9-16/h5,7,10,13,16,18H,2-4,6,8-9,11-12,14H2,1H3. The maximum Gasteiger partial charge on any atom is 0.119 e. The lowest BCUT2D eigenvalue weighted by Crippen LogP contribution is -2.20. The molecule has 1 aromatic rings. The maximum atomic E-state index is 5.91. The number of ether oxygens (including phenoxy) is 2. The van der Waals surface area contributed by atoms with Gasteiger partial charge in [0.25, 0.3) is 0 Å². The van der Waals surface area contributed by atoms with Gasteiger partial charge in [-0.15, -0.1) is 0 Å². The van der Waals surface area contributed by atoms with Crippen LogP contribution in [0.3, 0.4) is 0 Å². The first-order valence-corrected chi connectivity index (χ1v) is 7.84. The molecule has 0 atom stereocenters. The first-order chi connectivity index (χ1) is 9.88. The van der Waals surface area contributed by atoms with Crippen LogP contribution in [0.5, 0.6) is 5.75 Å². The molecule has 2 rings (SSSR count). The zero-order valence-electron chi connectivity index (χ0n) is 12.6. The van der Waals surface area contributed by atoms with E-state index >= 15 is 0 Å². The smallest absolute Gasteiger partial charge is 0.119 e. The van der Waals surface area contributed by atoms with Gasteiger partial charge in [-0.05, 0) is 43.5 Å². The Hall–Kier alpha value is -1.06. The number of benzene rings is 1. The van der Waals surface area contributed by atoms with Crippen LogP contribution in [0.2, 0.25) is 0 Å². The highest BCUT2D eigenvalue weighted by molar-refractivity contribution is 5.28. The first-order valence-electron chi connectivity index (χ1n) is 7.84. The van der Waals surface area contributed by atoms with E-state index in [2.05, 4.69) is 17.4 Å². The third kappa shape index (κ3) is 5.51. The van der Waals surface area contributed by atoms with E-state index in [1.165, 1.54) is 37.7 Å². The molecule has 0 aromatic heterocycles. The molecular formula is C17H27NO2. The van der Waals surface area contributed by atoms with Gasteiger partial charge >= 0.3 is 0 Å². The van der Waals surface area contributed by atoms with Gasteiger partial charge in [-0.3, -0.25) is 0 Å². The molecule has 0 radical (unpaired) electrons. The predicted octanol–water partition coefficient (Wildman–Crippen LogP) is 3.52. The van der Waals surface area contributed by atoms with E-state index in [-0.39, 0.29) is 0 Å². The largest absolute Gasteiger partial charge is 0.497 e. The molecule has 0 unspecified atom stereocenters. The molecular weight excluding hydrogens is 250 g/mol. The molecule has 0 bridgehead atoms. The van der Waals surface area contributed by atoms with Crippen LogP contribution in [0, 0.1) is 0 Å². The molecule has 0 heterocycles. The van der Waals surface area contributed by atoms with Gasteiger partial charge in [0.2, 0.25) is 0 Å². The van der Waals surface area contributed by atoms with Crippen molar-refractivity contribution in [3.05, 3.63) is 29.8 Å². The number of hydrogen-bond donors (Lipinski definition) is 1. The van der Waals surface area contributed by atoms with Crippen molar-refractivity contribution in [2.45, 2.75) is 51.2 Å². The molecule has 1 aliphatic rings. The predicted molar refractivity (Wildman–Crippen MR) is 82.1 cm³/mol. The van der Waals surface area contributed by atoms with Gasteiger partial charge < -0.3 is 14.8 Å². The van der Waals surface area contributed by atoms with E-state index in [1.807, 2.05) is 12.1 Å². The summed E-state index contributed by atoms with van der Waals surface area (Å²) in [5.41, 5.74) is 1.26. The second-order valence-electron chi connectivity index (χ2n) is 5.51. The molecule has 1 aliphatic carbocycles. The van der Waals surface area contributed by atoms with Crippen molar-refractivity contribution in [3.63, 3.8) is 0 Å². The Kier molecular flexibility index (Phi) is 6.89. The van der Waals surface area contributed by atoms with E-state index in [0.29, 0.717) is 6.10 Å². The van der Waals surface area contributed by atoms with Crippen molar-refractivity contribution in [3.8, 4) is 5.75 Å². The van der Waals surface area contributed by atoms with Gasteiger partial charge in [-0.1, -0.05) is 31.4 Å². The Morgan fingerprint density at radius 1 is 1.20 bits per heavy atom. The molecule has 0 aliphatic heterocycles. The molecule has 1 saturated carbocycles. The first kappa shape index (κ1) is 15.3. The summed E-state index contributed by atoms with van der Waals surface area (Å²) in [6.45, 7) is 2.78. The highest BCUT2D eigenvalue weighted by Crippen LogP contribution is 2.20. The number of nitrogens with one attached hydrogen (secondary N) is 1. The summed E-state index contributed by atoms with van der Waals surface area (Å²) in [4.78, 5) is 0. The Labute approximate surface area is 122 Å². The summed E-state index contributed by atoms with van der Waals surface area (Å²) in [7, 11) is 1.70. The monoisotopic (exact) mass is 277 g/mol. The van der Waals surface area contributed by atoms with Crippen LogP contribution in [-0.2, 0) is 11.3 Å². The molecule has 0 spiro atoms. The van der Waals surface area contributed by atoms with Gasteiger partial charge in [0.15, 0.2) is 0 Å². The lowest BCUT2D eigenvalue weighted by molar-refractivity contribution is 0.0273. The van der Waals surface area contributed by atoms with Crippen molar-refractivity contribution < 1.29 is 9.47 Å². The zero-order chi connectivity index (χ0) is 14.0. The molecule has 20 heavy (non-hydrogen) atoms. The SMILES string of the molecule is COc1cccc(CNCCCOC2CCCCC2)c1. The van der Waals surface area contributed by atoms with Crippen molar-refractivity contribution >= 4 is 0 Å². The second-order valence-corrected chi connectivity index (χ2v) is 5.51. The van der Waals surface area contributed by atoms with Crippen LogP contribution in [-0.4, -0.2) is 26.4 Å². The summed E-state index contributed by atoms with van der Waals surface area (Å²) in [5.74, 6) is 0.921. The Morgan fingerprint density at radius 3 is 2.85 bits per heavy atom. The summed E-state index contributed by atoms with van der Waals surface area (Å²) in [6, 6.07) is 8.20. The fourth-order valence-corrected chi connectivity index (χ4v) is 2.69. The topological polar surface area (TPSA) is 30.5 Å². The van der Waals surface area contributed by atoms with E-state index in [0.717, 1.165) is 31.9 Å². The zero-order valence-corrected chi connectivity index (χ0v) is 12.6. The van der Waals surface area contributed by atoms with Gasteiger partial charge in [-0.2, -0.15) is 0 Å². The molecule has 3 heteroatoms. The van der Waals surface area contributed by atoms with E-state index < -0.39 is 0 Å². The molecule has 0 saturated heterocycles. The molecule has 112 valence electrons. The van der Waals surface area contributed by atoms with Gasteiger partial charge in [-0.25, -0.2) is 0 Å². The van der Waals surface area contributed by atoms with Crippen LogP contribution in [0.15, 0.2) is 24.3 Å². The van der Waals surface area contributed by atoms with Crippen molar-refractivity contribution in [2.75, 3.05) is 20.3 Å². The van der Waals surface area contributed by atoms with E-state index in [1.54, 1.807) is 7.11 Å². The normalized spacial score (nSPS) is 16.2. The number of hydrogen-bond acceptors (Lipinski definition) is 3. The fourth-order valence-electron chi connectivity index (χ4n) is 2.69. The van der Waals surface area contributed by atoms with Gasteiger partial charge in [0, 0.05) is 13.2 Å². The highest BCUT2D eigenvalue weighted by Gasteiger charge is 2.12. The third-order valence-electron chi connectivity index (χ3n) is 3.87. The van der Waals surface area contributed by atoms with E-state index in [9.17, 15) is 0 Å². The Bertz CT molecular complexity index is 375. The quantitative estimate of drug-likeness (QED) is 0.737. The van der Waals surface area contributed by atoms with Crippen LogP contribution < -0.4 is 10.1 Å². The van der Waals surface area contributed by atoms with Crippen LogP contribution in [0.25, 0.3) is 0 Å². The summed E-state index contributed by atoms with van der Waals surface area (Å²) in [6.07, 6.45) is 8.22. The van der Waals surface area contributed by atoms with Crippen molar-refractivity contribution in [2.24, 2.45) is 0 Å². The molecule has 0 amide bonds. The molecule has 1 fully saturated rings. The minimum Gasteiger partial charge on any atom is -0.497 e. The van der Waals surface area contributed by atoms with E-state index in [4.69, 9.17) is 9.47 Å². The number of methoxy groups -OCH3 is 1. The van der Waals surface area contributed by atoms with Gasteiger partial charge in [0.1, 0.15) is 5.75 Å². The lowest BCUT2D eigenvalue weighted by Gasteiger charge is -2.21. The molecule has 1 aromatic carbocycles.